The van der Waals surface area contributed by atoms with Gasteiger partial charge in [0.25, 0.3) is 5.91 Å². The van der Waals surface area contributed by atoms with Crippen LogP contribution in [0.2, 0.25) is 0 Å². The number of para-hydroxylation sites is 1. The van der Waals surface area contributed by atoms with Crippen molar-refractivity contribution in [1.29, 1.82) is 0 Å². The fourth-order valence-corrected chi connectivity index (χ4v) is 3.08. The summed E-state index contributed by atoms with van der Waals surface area (Å²) < 4.78 is 1.60. The zero-order valence-electron chi connectivity index (χ0n) is 10.2. The molecule has 0 unspecified atom stereocenters. The third kappa shape index (κ3) is 3.45. The molecule has 0 saturated heterocycles. The summed E-state index contributed by atoms with van der Waals surface area (Å²) in [7, 11) is 0. The van der Waals surface area contributed by atoms with Gasteiger partial charge >= 0.3 is 0 Å². The second-order valence-electron chi connectivity index (χ2n) is 3.99. The Morgan fingerprint density at radius 1 is 1.10 bits per heavy atom. The predicted octanol–water partition coefficient (Wildman–Crippen LogP) is 4.10. The molecule has 1 amide bonds. The molecule has 20 heavy (non-hydrogen) atoms. The Hall–Kier alpha value is -1.24. The predicted molar refractivity (Wildman–Crippen MR) is 92.1 cm³/mol. The van der Waals surface area contributed by atoms with Gasteiger partial charge < -0.3 is 11.1 Å². The standard InChI is InChI=1S/C14H10Br2N2OS/c15-8-5-6-9(11(16)7-8)14(19)18-12-4-2-1-3-10(12)13(17)20/h1-7H,(H2,17,20)(H,18,19). The lowest BCUT2D eigenvalue weighted by molar-refractivity contribution is 0.102. The second kappa shape index (κ2) is 6.47. The lowest BCUT2D eigenvalue weighted by Crippen LogP contribution is -2.17. The molecule has 102 valence electrons. The smallest absolute Gasteiger partial charge is 0.256 e. The van der Waals surface area contributed by atoms with E-state index in [1.54, 1.807) is 24.3 Å². The number of hydrogen-bond acceptors (Lipinski definition) is 2. The van der Waals surface area contributed by atoms with Gasteiger partial charge in [-0.25, -0.2) is 0 Å². The SMILES string of the molecule is NC(=S)c1ccccc1NC(=O)c1ccc(Br)cc1Br. The highest BCUT2D eigenvalue weighted by atomic mass is 79.9. The Labute approximate surface area is 138 Å². The number of halogens is 2. The number of hydrogen-bond donors (Lipinski definition) is 2. The number of benzene rings is 2. The van der Waals surface area contributed by atoms with E-state index in [2.05, 4.69) is 37.2 Å². The third-order valence-electron chi connectivity index (χ3n) is 2.62. The number of carbonyl (C=O) groups excluding carboxylic acids is 1. The van der Waals surface area contributed by atoms with Crippen LogP contribution in [0.15, 0.2) is 51.4 Å². The Morgan fingerprint density at radius 3 is 2.45 bits per heavy atom. The molecule has 6 heteroatoms. The topological polar surface area (TPSA) is 55.1 Å². The number of rotatable bonds is 3. The molecule has 0 aromatic heterocycles. The minimum atomic E-state index is -0.229. The minimum Gasteiger partial charge on any atom is -0.389 e. The van der Waals surface area contributed by atoms with E-state index in [9.17, 15) is 4.79 Å². The maximum atomic E-state index is 12.3. The molecular formula is C14H10Br2N2OS. The molecule has 0 bridgehead atoms. The van der Waals surface area contributed by atoms with E-state index >= 15 is 0 Å². The van der Waals surface area contributed by atoms with Crippen molar-refractivity contribution in [2.45, 2.75) is 0 Å². The van der Waals surface area contributed by atoms with Gasteiger partial charge in [0, 0.05) is 14.5 Å². The summed E-state index contributed by atoms with van der Waals surface area (Å²) in [6, 6.07) is 12.5. The average Bonchev–Trinajstić information content (AvgIpc) is 2.38. The van der Waals surface area contributed by atoms with Gasteiger partial charge in [-0.3, -0.25) is 4.79 Å². The summed E-state index contributed by atoms with van der Waals surface area (Å²) in [6.07, 6.45) is 0. The molecule has 0 saturated carbocycles. The zero-order chi connectivity index (χ0) is 14.7. The molecule has 0 spiro atoms. The summed E-state index contributed by atoms with van der Waals surface area (Å²) in [5.41, 5.74) is 7.42. The van der Waals surface area contributed by atoms with Crippen LogP contribution in [0, 0.1) is 0 Å². The van der Waals surface area contributed by atoms with E-state index in [0.717, 1.165) is 4.47 Å². The highest BCUT2D eigenvalue weighted by Gasteiger charge is 2.13. The first-order chi connectivity index (χ1) is 9.49. The van der Waals surface area contributed by atoms with Gasteiger partial charge in [0.15, 0.2) is 0 Å². The molecule has 0 heterocycles. The lowest BCUT2D eigenvalue weighted by atomic mass is 10.1. The van der Waals surface area contributed by atoms with Crippen molar-refractivity contribution in [3.8, 4) is 0 Å². The normalized spacial score (nSPS) is 10.1. The molecule has 0 radical (unpaired) electrons. The van der Waals surface area contributed by atoms with Gasteiger partial charge in [0.1, 0.15) is 4.99 Å². The van der Waals surface area contributed by atoms with Crippen molar-refractivity contribution in [3.05, 3.63) is 62.5 Å². The fraction of sp³-hybridized carbons (Fsp3) is 0. The number of anilines is 1. The summed E-state index contributed by atoms with van der Waals surface area (Å²) in [4.78, 5) is 12.5. The van der Waals surface area contributed by atoms with E-state index in [4.69, 9.17) is 18.0 Å². The van der Waals surface area contributed by atoms with Crippen LogP contribution in [0.3, 0.4) is 0 Å². The second-order valence-corrected chi connectivity index (χ2v) is 6.20. The van der Waals surface area contributed by atoms with Crippen molar-refractivity contribution >= 4 is 60.7 Å². The van der Waals surface area contributed by atoms with Crippen molar-refractivity contribution in [1.82, 2.24) is 0 Å². The van der Waals surface area contributed by atoms with E-state index < -0.39 is 0 Å². The van der Waals surface area contributed by atoms with Crippen LogP contribution in [-0.2, 0) is 0 Å². The van der Waals surface area contributed by atoms with E-state index in [0.29, 0.717) is 21.3 Å². The largest absolute Gasteiger partial charge is 0.389 e. The van der Waals surface area contributed by atoms with Crippen molar-refractivity contribution in [3.63, 3.8) is 0 Å². The van der Waals surface area contributed by atoms with Gasteiger partial charge in [0.2, 0.25) is 0 Å². The molecule has 2 rings (SSSR count). The number of nitrogens with two attached hydrogens (primary N) is 1. The van der Waals surface area contributed by atoms with Crippen LogP contribution in [0.1, 0.15) is 15.9 Å². The van der Waals surface area contributed by atoms with Crippen LogP contribution in [-0.4, -0.2) is 10.9 Å². The zero-order valence-corrected chi connectivity index (χ0v) is 14.2. The Bertz CT molecular complexity index is 689. The van der Waals surface area contributed by atoms with Crippen LogP contribution in [0.5, 0.6) is 0 Å². The Kier molecular flexibility index (Phi) is 4.91. The van der Waals surface area contributed by atoms with Gasteiger partial charge in [0.05, 0.1) is 11.3 Å². The summed E-state index contributed by atoms with van der Waals surface area (Å²) in [5, 5.41) is 2.82. The number of amides is 1. The van der Waals surface area contributed by atoms with Gasteiger partial charge in [-0.05, 0) is 46.3 Å². The number of nitrogens with one attached hydrogen (secondary N) is 1. The molecule has 3 N–H and O–H groups in total. The maximum absolute atomic E-state index is 12.3. The molecule has 3 nitrogen and oxygen atoms in total. The molecular weight excluding hydrogens is 404 g/mol. The Balaban J connectivity index is 2.30. The first-order valence-corrected chi connectivity index (χ1v) is 7.63. The molecule has 2 aromatic carbocycles. The van der Waals surface area contributed by atoms with E-state index in [1.807, 2.05) is 18.2 Å². The van der Waals surface area contributed by atoms with Crippen LogP contribution < -0.4 is 11.1 Å². The number of carbonyl (C=O) groups is 1. The van der Waals surface area contributed by atoms with Gasteiger partial charge in [-0.1, -0.05) is 40.3 Å². The van der Waals surface area contributed by atoms with E-state index in [-0.39, 0.29) is 10.9 Å². The highest BCUT2D eigenvalue weighted by Crippen LogP contribution is 2.23. The van der Waals surface area contributed by atoms with Crippen molar-refractivity contribution < 1.29 is 4.79 Å². The average molecular weight is 414 g/mol. The Morgan fingerprint density at radius 2 is 1.80 bits per heavy atom. The summed E-state index contributed by atoms with van der Waals surface area (Å²) >= 11 is 11.7. The first-order valence-electron chi connectivity index (χ1n) is 5.64. The molecule has 2 aromatic rings. The van der Waals surface area contributed by atoms with E-state index in [1.165, 1.54) is 0 Å². The monoisotopic (exact) mass is 412 g/mol. The van der Waals surface area contributed by atoms with Crippen molar-refractivity contribution in [2.75, 3.05) is 5.32 Å². The van der Waals surface area contributed by atoms with Crippen LogP contribution in [0.4, 0.5) is 5.69 Å². The molecule has 0 atom stereocenters. The molecule has 0 aliphatic rings. The maximum Gasteiger partial charge on any atom is 0.256 e. The quantitative estimate of drug-likeness (QED) is 0.744. The fourth-order valence-electron chi connectivity index (χ4n) is 1.67. The van der Waals surface area contributed by atoms with Crippen molar-refractivity contribution in [2.24, 2.45) is 5.73 Å². The first kappa shape index (κ1) is 15.2. The summed E-state index contributed by atoms with van der Waals surface area (Å²) in [5.74, 6) is -0.229. The highest BCUT2D eigenvalue weighted by molar-refractivity contribution is 9.11. The molecule has 0 aliphatic carbocycles. The van der Waals surface area contributed by atoms with Gasteiger partial charge in [-0.15, -0.1) is 0 Å². The van der Waals surface area contributed by atoms with Crippen LogP contribution >= 0.6 is 44.1 Å². The molecule has 0 fully saturated rings. The third-order valence-corrected chi connectivity index (χ3v) is 3.99. The minimum absolute atomic E-state index is 0.229. The summed E-state index contributed by atoms with van der Waals surface area (Å²) in [6.45, 7) is 0. The lowest BCUT2D eigenvalue weighted by Gasteiger charge is -2.11. The van der Waals surface area contributed by atoms with Crippen LogP contribution in [0.25, 0.3) is 0 Å². The number of thiocarbonyl (C=S) groups is 1. The van der Waals surface area contributed by atoms with Gasteiger partial charge in [-0.2, -0.15) is 0 Å². The molecule has 0 aliphatic heterocycles.